The average Bonchev–Trinajstić information content (AvgIpc) is 2.44. The van der Waals surface area contributed by atoms with Crippen molar-refractivity contribution in [3.8, 4) is 0 Å². The molecule has 0 aliphatic heterocycles. The fraction of sp³-hybridized carbons (Fsp3) is 0.571. The van der Waals surface area contributed by atoms with Gasteiger partial charge in [0, 0.05) is 36.4 Å². The van der Waals surface area contributed by atoms with Crippen LogP contribution in [0, 0.1) is 15.9 Å². The van der Waals surface area contributed by atoms with Crippen molar-refractivity contribution in [3.63, 3.8) is 0 Å². The van der Waals surface area contributed by atoms with Gasteiger partial charge >= 0.3 is 5.69 Å². The van der Waals surface area contributed by atoms with E-state index in [1.165, 1.54) is 6.07 Å². The lowest BCUT2D eigenvalue weighted by molar-refractivity contribution is -0.387. The Kier molecular flexibility index (Phi) is 8.22. The van der Waals surface area contributed by atoms with E-state index < -0.39 is 16.4 Å². The van der Waals surface area contributed by atoms with Crippen LogP contribution in [0.2, 0.25) is 0 Å². The normalized spacial score (nSPS) is 10.6. The predicted octanol–water partition coefficient (Wildman–Crippen LogP) is 4.51. The van der Waals surface area contributed by atoms with Crippen LogP contribution < -0.4 is 5.32 Å². The molecule has 7 heteroatoms. The number of unbranched alkanes of at least 4 members (excludes halogenated alkanes) is 2. The standard InChI is InChI=1S/C14H20BrFN2O3/c1-2-3-7-21-8-5-4-6-17-13-10-12(16)14(18(19)20)9-11(13)15/h9-10,17H,2-8H2,1H3. The Morgan fingerprint density at radius 2 is 2.05 bits per heavy atom. The van der Waals surface area contributed by atoms with Crippen molar-refractivity contribution in [2.75, 3.05) is 25.1 Å². The first-order chi connectivity index (χ1) is 10.1. The van der Waals surface area contributed by atoms with E-state index in [0.717, 1.165) is 45.0 Å². The third kappa shape index (κ3) is 6.39. The summed E-state index contributed by atoms with van der Waals surface area (Å²) >= 11 is 3.20. The molecule has 0 spiro atoms. The van der Waals surface area contributed by atoms with Gasteiger partial charge in [-0.15, -0.1) is 0 Å². The quantitative estimate of drug-likeness (QED) is 0.378. The second kappa shape index (κ2) is 9.68. The molecule has 0 fully saturated rings. The van der Waals surface area contributed by atoms with E-state index in [1.54, 1.807) is 0 Å². The fourth-order valence-corrected chi connectivity index (χ4v) is 2.18. The van der Waals surface area contributed by atoms with Gasteiger partial charge in [0.2, 0.25) is 5.82 Å². The van der Waals surface area contributed by atoms with Crippen LogP contribution in [0.1, 0.15) is 32.6 Å². The highest BCUT2D eigenvalue weighted by molar-refractivity contribution is 9.10. The topological polar surface area (TPSA) is 64.4 Å². The number of anilines is 1. The number of rotatable bonds is 10. The minimum atomic E-state index is -0.839. The Hall–Kier alpha value is -1.21. The maximum Gasteiger partial charge on any atom is 0.306 e. The highest BCUT2D eigenvalue weighted by Crippen LogP contribution is 2.29. The molecule has 0 saturated carbocycles. The molecule has 21 heavy (non-hydrogen) atoms. The van der Waals surface area contributed by atoms with Crippen molar-refractivity contribution in [1.29, 1.82) is 0 Å². The maximum absolute atomic E-state index is 13.5. The van der Waals surface area contributed by atoms with Crippen LogP contribution in [-0.4, -0.2) is 24.7 Å². The van der Waals surface area contributed by atoms with Gasteiger partial charge in [0.1, 0.15) is 0 Å². The van der Waals surface area contributed by atoms with Crippen LogP contribution in [0.5, 0.6) is 0 Å². The third-order valence-corrected chi connectivity index (χ3v) is 3.56. The molecule has 0 saturated heterocycles. The van der Waals surface area contributed by atoms with Crippen molar-refractivity contribution in [2.45, 2.75) is 32.6 Å². The van der Waals surface area contributed by atoms with Crippen molar-refractivity contribution >= 4 is 27.3 Å². The number of nitrogens with zero attached hydrogens (tertiary/aromatic N) is 1. The zero-order valence-electron chi connectivity index (χ0n) is 12.0. The highest BCUT2D eigenvalue weighted by atomic mass is 79.9. The smallest absolute Gasteiger partial charge is 0.306 e. The molecule has 0 unspecified atom stereocenters. The first-order valence-corrected chi connectivity index (χ1v) is 7.80. The zero-order chi connectivity index (χ0) is 15.7. The Morgan fingerprint density at radius 3 is 2.71 bits per heavy atom. The SMILES string of the molecule is CCCCOCCCCNc1cc(F)c([N+](=O)[O-])cc1Br. The van der Waals surface area contributed by atoms with E-state index in [2.05, 4.69) is 28.2 Å². The third-order valence-electron chi connectivity index (χ3n) is 2.91. The summed E-state index contributed by atoms with van der Waals surface area (Å²) in [6.45, 7) is 4.29. The minimum absolute atomic E-state index is 0.481. The Balaban J connectivity index is 2.32. The summed E-state index contributed by atoms with van der Waals surface area (Å²) in [5.74, 6) is -0.839. The van der Waals surface area contributed by atoms with Gasteiger partial charge in [0.05, 0.1) is 10.6 Å². The fourth-order valence-electron chi connectivity index (χ4n) is 1.71. The van der Waals surface area contributed by atoms with Crippen molar-refractivity contribution in [3.05, 3.63) is 32.5 Å². The molecule has 0 aliphatic carbocycles. The van der Waals surface area contributed by atoms with Gasteiger partial charge in [-0.2, -0.15) is 4.39 Å². The Labute approximate surface area is 132 Å². The number of hydrogen-bond acceptors (Lipinski definition) is 4. The number of hydrogen-bond donors (Lipinski definition) is 1. The molecule has 5 nitrogen and oxygen atoms in total. The molecule has 0 bridgehead atoms. The van der Waals surface area contributed by atoms with Gasteiger partial charge < -0.3 is 10.1 Å². The lowest BCUT2D eigenvalue weighted by atomic mass is 10.2. The number of halogens is 2. The second-order valence-corrected chi connectivity index (χ2v) is 5.49. The van der Waals surface area contributed by atoms with E-state index in [-0.39, 0.29) is 0 Å². The van der Waals surface area contributed by atoms with Crippen LogP contribution in [0.4, 0.5) is 15.8 Å². The summed E-state index contributed by atoms with van der Waals surface area (Å²) in [5, 5.41) is 13.7. The molecular formula is C14H20BrFN2O3. The van der Waals surface area contributed by atoms with Crippen LogP contribution >= 0.6 is 15.9 Å². The lowest BCUT2D eigenvalue weighted by Crippen LogP contribution is -2.05. The van der Waals surface area contributed by atoms with Gasteiger partial charge in [0.15, 0.2) is 0 Å². The molecule has 0 amide bonds. The van der Waals surface area contributed by atoms with Gasteiger partial charge in [-0.3, -0.25) is 10.1 Å². The first kappa shape index (κ1) is 17.8. The van der Waals surface area contributed by atoms with Gasteiger partial charge in [0.25, 0.3) is 0 Å². The molecule has 0 aromatic heterocycles. The van der Waals surface area contributed by atoms with Crippen LogP contribution in [0.15, 0.2) is 16.6 Å². The van der Waals surface area contributed by atoms with Gasteiger partial charge in [-0.05, 0) is 35.2 Å². The number of nitrogens with one attached hydrogen (secondary N) is 1. The van der Waals surface area contributed by atoms with Crippen molar-refractivity contribution in [1.82, 2.24) is 0 Å². The Bertz CT molecular complexity index is 472. The molecule has 0 radical (unpaired) electrons. The largest absolute Gasteiger partial charge is 0.384 e. The molecule has 118 valence electrons. The van der Waals surface area contributed by atoms with Gasteiger partial charge in [-0.25, -0.2) is 0 Å². The first-order valence-electron chi connectivity index (χ1n) is 7.01. The van der Waals surface area contributed by atoms with E-state index in [4.69, 9.17) is 4.74 Å². The average molecular weight is 363 g/mol. The van der Waals surface area contributed by atoms with Crippen LogP contribution in [0.25, 0.3) is 0 Å². The zero-order valence-corrected chi connectivity index (χ0v) is 13.6. The second-order valence-electron chi connectivity index (χ2n) is 4.64. The van der Waals surface area contributed by atoms with E-state index in [9.17, 15) is 14.5 Å². The summed E-state index contributed by atoms with van der Waals surface area (Å²) in [5.41, 5.74) is -0.0123. The molecule has 1 aromatic carbocycles. The van der Waals surface area contributed by atoms with E-state index in [1.807, 2.05) is 0 Å². The van der Waals surface area contributed by atoms with E-state index in [0.29, 0.717) is 16.7 Å². The molecule has 0 aliphatic rings. The number of nitro benzene ring substituents is 1. The minimum Gasteiger partial charge on any atom is -0.384 e. The maximum atomic E-state index is 13.5. The summed E-state index contributed by atoms with van der Waals surface area (Å²) in [4.78, 5) is 9.86. The molecule has 0 atom stereocenters. The van der Waals surface area contributed by atoms with E-state index >= 15 is 0 Å². The number of benzene rings is 1. The predicted molar refractivity (Wildman–Crippen MR) is 84.2 cm³/mol. The molecule has 1 N–H and O–H groups in total. The Morgan fingerprint density at radius 1 is 1.33 bits per heavy atom. The molecule has 0 heterocycles. The number of ether oxygens (including phenoxy) is 1. The monoisotopic (exact) mass is 362 g/mol. The molecular weight excluding hydrogens is 343 g/mol. The van der Waals surface area contributed by atoms with Crippen molar-refractivity contribution in [2.24, 2.45) is 0 Å². The van der Waals surface area contributed by atoms with Crippen LogP contribution in [0.3, 0.4) is 0 Å². The highest BCUT2D eigenvalue weighted by Gasteiger charge is 2.16. The number of nitro groups is 1. The summed E-state index contributed by atoms with van der Waals surface area (Å²) in [6, 6.07) is 2.31. The van der Waals surface area contributed by atoms with Crippen LogP contribution in [-0.2, 0) is 4.74 Å². The lowest BCUT2D eigenvalue weighted by Gasteiger charge is -2.09. The molecule has 1 rings (SSSR count). The summed E-state index contributed by atoms with van der Waals surface area (Å²) in [7, 11) is 0. The van der Waals surface area contributed by atoms with Crippen molar-refractivity contribution < 1.29 is 14.1 Å². The molecule has 1 aromatic rings. The summed E-state index contributed by atoms with van der Waals surface area (Å²) in [6.07, 6.45) is 4.01. The van der Waals surface area contributed by atoms with Gasteiger partial charge in [-0.1, -0.05) is 13.3 Å². The summed E-state index contributed by atoms with van der Waals surface area (Å²) < 4.78 is 19.4.